The number of phenolic OH excluding ortho intramolecular Hbond substituents is 1. The Labute approximate surface area is 158 Å². The molecule has 2 aromatic rings. The fourth-order valence-corrected chi connectivity index (χ4v) is 2.53. The minimum Gasteiger partial charge on any atom is -0.504 e. The van der Waals surface area contributed by atoms with Gasteiger partial charge >= 0.3 is 0 Å². The van der Waals surface area contributed by atoms with Crippen LogP contribution in [0.2, 0.25) is 0 Å². The van der Waals surface area contributed by atoms with Gasteiger partial charge in [-0.1, -0.05) is 12.1 Å². The summed E-state index contributed by atoms with van der Waals surface area (Å²) in [6.45, 7) is -0.194. The smallest absolute Gasteiger partial charge is 0.259 e. The predicted octanol–water partition coefficient (Wildman–Crippen LogP) is 1.89. The number of hydrazone groups is 1. The molecule has 8 heteroatoms. The summed E-state index contributed by atoms with van der Waals surface area (Å²) < 4.78 is 5.79. The number of nitrogens with zero attached hydrogens (tertiary/aromatic N) is 1. The van der Waals surface area contributed by atoms with Crippen LogP contribution in [0.25, 0.3) is 0 Å². The van der Waals surface area contributed by atoms with E-state index < -0.39 is 5.91 Å². The summed E-state index contributed by atoms with van der Waals surface area (Å²) in [4.78, 5) is 23.7. The molecule has 0 saturated heterocycles. The summed E-state index contributed by atoms with van der Waals surface area (Å²) in [5.41, 5.74) is 3.46. The number of amides is 2. The van der Waals surface area contributed by atoms with E-state index in [1.165, 1.54) is 19.4 Å². The number of rotatable bonds is 6. The summed E-state index contributed by atoms with van der Waals surface area (Å²) in [5, 5.41) is 15.8. The maximum atomic E-state index is 12.0. The first-order valence-corrected chi connectivity index (χ1v) is 8.30. The standard InChI is InChI=1S/C17H16IN3O4/c1-25-15-8-11(6-7-14(15)22)9-20-21-16(23)10-19-17(24)12-4-2-3-5-13(12)18/h2-9,22H,10H2,1H3,(H,19,24)(H,21,23)/b20-9-. The lowest BCUT2D eigenvalue weighted by atomic mass is 10.2. The molecule has 0 saturated carbocycles. The lowest BCUT2D eigenvalue weighted by Gasteiger charge is -2.06. The number of nitrogens with one attached hydrogen (secondary N) is 2. The largest absolute Gasteiger partial charge is 0.504 e. The summed E-state index contributed by atoms with van der Waals surface area (Å²) in [6.07, 6.45) is 1.40. The molecule has 0 aliphatic heterocycles. The second-order valence-corrected chi connectivity index (χ2v) is 6.05. The third kappa shape index (κ3) is 5.45. The first-order chi connectivity index (χ1) is 12.0. The van der Waals surface area contributed by atoms with Crippen molar-refractivity contribution in [1.82, 2.24) is 10.7 Å². The topological polar surface area (TPSA) is 100 Å². The van der Waals surface area contributed by atoms with E-state index >= 15 is 0 Å². The van der Waals surface area contributed by atoms with Crippen molar-refractivity contribution < 1.29 is 19.4 Å². The highest BCUT2D eigenvalue weighted by Crippen LogP contribution is 2.25. The Morgan fingerprint density at radius 3 is 2.76 bits per heavy atom. The van der Waals surface area contributed by atoms with Crippen molar-refractivity contribution in [3.63, 3.8) is 0 Å². The minimum atomic E-state index is -0.457. The first kappa shape index (κ1) is 18.7. The Bertz CT molecular complexity index is 808. The monoisotopic (exact) mass is 453 g/mol. The van der Waals surface area contributed by atoms with Crippen molar-refractivity contribution in [2.75, 3.05) is 13.7 Å². The molecule has 0 fully saturated rings. The molecular formula is C17H16IN3O4. The molecule has 0 radical (unpaired) electrons. The molecule has 0 unspecified atom stereocenters. The molecule has 130 valence electrons. The molecule has 7 nitrogen and oxygen atoms in total. The van der Waals surface area contributed by atoms with Crippen LogP contribution in [0.4, 0.5) is 0 Å². The molecule has 25 heavy (non-hydrogen) atoms. The molecule has 0 atom stereocenters. The number of halogens is 1. The number of carbonyl (C=O) groups is 2. The van der Waals surface area contributed by atoms with Crippen molar-refractivity contribution in [3.05, 3.63) is 57.2 Å². The Hall–Kier alpha value is -2.62. The van der Waals surface area contributed by atoms with Gasteiger partial charge in [0.05, 0.1) is 25.4 Å². The molecule has 2 rings (SSSR count). The van der Waals surface area contributed by atoms with Crippen LogP contribution in [-0.2, 0) is 4.79 Å². The highest BCUT2D eigenvalue weighted by molar-refractivity contribution is 14.1. The summed E-state index contributed by atoms with van der Waals surface area (Å²) in [5.74, 6) is -0.462. The Morgan fingerprint density at radius 1 is 1.28 bits per heavy atom. The number of ether oxygens (including phenoxy) is 1. The number of carbonyl (C=O) groups excluding carboxylic acids is 2. The number of methoxy groups -OCH3 is 1. The number of benzene rings is 2. The van der Waals surface area contributed by atoms with Gasteiger partial charge in [0, 0.05) is 3.57 Å². The van der Waals surface area contributed by atoms with Crippen molar-refractivity contribution in [2.45, 2.75) is 0 Å². The van der Waals surface area contributed by atoms with Gasteiger partial charge in [-0.25, -0.2) is 5.43 Å². The Balaban J connectivity index is 1.84. The van der Waals surface area contributed by atoms with Gasteiger partial charge in [-0.3, -0.25) is 9.59 Å². The van der Waals surface area contributed by atoms with E-state index in [-0.39, 0.29) is 18.2 Å². The molecule has 0 spiro atoms. The van der Waals surface area contributed by atoms with Gasteiger partial charge in [-0.05, 0) is 58.5 Å². The number of phenols is 1. The van der Waals surface area contributed by atoms with Crippen LogP contribution in [-0.4, -0.2) is 36.8 Å². The third-order valence-electron chi connectivity index (χ3n) is 3.13. The summed E-state index contributed by atoms with van der Waals surface area (Å²) in [7, 11) is 1.44. The Morgan fingerprint density at radius 2 is 2.04 bits per heavy atom. The van der Waals surface area contributed by atoms with E-state index in [4.69, 9.17) is 4.74 Å². The molecule has 0 aliphatic rings. The lowest BCUT2D eigenvalue weighted by Crippen LogP contribution is -2.35. The van der Waals surface area contributed by atoms with Gasteiger partial charge in [0.1, 0.15) is 0 Å². The van der Waals surface area contributed by atoms with Gasteiger partial charge < -0.3 is 15.2 Å². The SMILES string of the molecule is COc1cc(/C=N\NC(=O)CNC(=O)c2ccccc2I)ccc1O. The second kappa shape index (κ2) is 9.02. The van der Waals surface area contributed by atoms with Crippen LogP contribution in [0, 0.1) is 3.57 Å². The second-order valence-electron chi connectivity index (χ2n) is 4.89. The van der Waals surface area contributed by atoms with E-state index in [1.54, 1.807) is 24.3 Å². The quantitative estimate of drug-likeness (QED) is 0.354. The van der Waals surface area contributed by atoms with E-state index in [0.717, 1.165) is 3.57 Å². The molecule has 2 amide bonds. The van der Waals surface area contributed by atoms with E-state index in [0.29, 0.717) is 16.9 Å². The van der Waals surface area contributed by atoms with Crippen LogP contribution < -0.4 is 15.5 Å². The van der Waals surface area contributed by atoms with Gasteiger partial charge in [0.2, 0.25) is 0 Å². The van der Waals surface area contributed by atoms with E-state index in [1.807, 2.05) is 12.1 Å². The lowest BCUT2D eigenvalue weighted by molar-refractivity contribution is -0.120. The minimum absolute atomic E-state index is 0.0157. The highest BCUT2D eigenvalue weighted by atomic mass is 127. The summed E-state index contributed by atoms with van der Waals surface area (Å²) in [6, 6.07) is 11.7. The maximum Gasteiger partial charge on any atom is 0.259 e. The Kier molecular flexibility index (Phi) is 6.75. The van der Waals surface area contributed by atoms with Crippen LogP contribution in [0.15, 0.2) is 47.6 Å². The number of aromatic hydroxyl groups is 1. The average molecular weight is 453 g/mol. The number of hydrogen-bond acceptors (Lipinski definition) is 5. The van der Waals surface area contributed by atoms with Gasteiger partial charge in [-0.2, -0.15) is 5.10 Å². The van der Waals surface area contributed by atoms with Gasteiger partial charge in [-0.15, -0.1) is 0 Å². The third-order valence-corrected chi connectivity index (χ3v) is 4.08. The van der Waals surface area contributed by atoms with E-state index in [9.17, 15) is 14.7 Å². The molecule has 0 aliphatic carbocycles. The van der Waals surface area contributed by atoms with E-state index in [2.05, 4.69) is 38.4 Å². The molecule has 3 N–H and O–H groups in total. The molecular weight excluding hydrogens is 437 g/mol. The predicted molar refractivity (Wildman–Crippen MR) is 102 cm³/mol. The summed E-state index contributed by atoms with van der Waals surface area (Å²) >= 11 is 2.06. The maximum absolute atomic E-state index is 12.0. The van der Waals surface area contributed by atoms with Gasteiger partial charge in [0.15, 0.2) is 11.5 Å². The zero-order chi connectivity index (χ0) is 18.2. The average Bonchev–Trinajstić information content (AvgIpc) is 2.61. The van der Waals surface area contributed by atoms with Gasteiger partial charge in [0.25, 0.3) is 11.8 Å². The highest BCUT2D eigenvalue weighted by Gasteiger charge is 2.10. The molecule has 0 aromatic heterocycles. The van der Waals surface area contributed by atoms with Crippen LogP contribution in [0.5, 0.6) is 11.5 Å². The molecule has 0 bridgehead atoms. The van der Waals surface area contributed by atoms with Crippen molar-refractivity contribution in [2.24, 2.45) is 5.10 Å². The van der Waals surface area contributed by atoms with Crippen molar-refractivity contribution in [1.29, 1.82) is 0 Å². The fraction of sp³-hybridized carbons (Fsp3) is 0.118. The molecule has 2 aromatic carbocycles. The zero-order valence-corrected chi connectivity index (χ0v) is 15.5. The fourth-order valence-electron chi connectivity index (χ4n) is 1.89. The van der Waals surface area contributed by atoms with Crippen LogP contribution in [0.1, 0.15) is 15.9 Å². The van der Waals surface area contributed by atoms with Crippen molar-refractivity contribution in [3.8, 4) is 11.5 Å². The van der Waals surface area contributed by atoms with Crippen molar-refractivity contribution >= 4 is 40.6 Å². The number of hydrogen-bond donors (Lipinski definition) is 3. The molecule has 0 heterocycles. The van der Waals surface area contributed by atoms with Crippen LogP contribution in [0.3, 0.4) is 0 Å². The first-order valence-electron chi connectivity index (χ1n) is 7.23. The van der Waals surface area contributed by atoms with Crippen LogP contribution >= 0.6 is 22.6 Å². The normalized spacial score (nSPS) is 10.5. The zero-order valence-electron chi connectivity index (χ0n) is 13.3.